The van der Waals surface area contributed by atoms with E-state index in [1.165, 1.54) is 11.1 Å². The van der Waals surface area contributed by atoms with Gasteiger partial charge in [-0.3, -0.25) is 4.79 Å². The third-order valence-electron chi connectivity index (χ3n) is 5.15. The van der Waals surface area contributed by atoms with Gasteiger partial charge in [0.25, 0.3) is 5.91 Å². The molecule has 0 saturated carbocycles. The normalized spacial score (nSPS) is 14.0. The Morgan fingerprint density at radius 2 is 1.81 bits per heavy atom. The average molecular weight is 347 g/mol. The summed E-state index contributed by atoms with van der Waals surface area (Å²) in [5.41, 5.74) is 2.76. The summed E-state index contributed by atoms with van der Waals surface area (Å²) in [6.07, 6.45) is 1.53. The molecule has 0 atom stereocenters. The Hall–Kier alpha value is -3.01. The van der Waals surface area contributed by atoms with E-state index in [2.05, 4.69) is 6.07 Å². The molecule has 0 saturated heterocycles. The quantitative estimate of drug-likeness (QED) is 0.767. The van der Waals surface area contributed by atoms with E-state index in [0.717, 1.165) is 24.0 Å². The Morgan fingerprint density at radius 1 is 1.00 bits per heavy atom. The van der Waals surface area contributed by atoms with Gasteiger partial charge in [0.2, 0.25) is 0 Å². The van der Waals surface area contributed by atoms with E-state index in [9.17, 15) is 9.90 Å². The topological polar surface area (TPSA) is 49.8 Å². The molecular weight excluding hydrogens is 326 g/mol. The second-order valence-corrected chi connectivity index (χ2v) is 6.57. The maximum Gasteiger partial charge on any atom is 0.257 e. The summed E-state index contributed by atoms with van der Waals surface area (Å²) in [6, 6.07) is 17.2. The highest BCUT2D eigenvalue weighted by molar-refractivity contribution is 6.03. The number of benzene rings is 3. The van der Waals surface area contributed by atoms with Gasteiger partial charge in [-0.05, 0) is 41.5 Å². The third kappa shape index (κ3) is 2.77. The van der Waals surface area contributed by atoms with Crippen LogP contribution in [-0.4, -0.2) is 36.1 Å². The molecule has 4 nitrogen and oxygen atoms in total. The Morgan fingerprint density at radius 3 is 2.65 bits per heavy atom. The van der Waals surface area contributed by atoms with Crippen LogP contribution >= 0.6 is 0 Å². The van der Waals surface area contributed by atoms with Crippen LogP contribution in [-0.2, 0) is 12.8 Å². The maximum absolute atomic E-state index is 13.1. The van der Waals surface area contributed by atoms with Crippen LogP contribution in [0.3, 0.4) is 0 Å². The molecule has 0 spiro atoms. The SMILES string of the molecule is COc1cccc2c1CCN(C(=O)c1ccc3ccccc3c1O)CC2. The Labute approximate surface area is 152 Å². The third-order valence-corrected chi connectivity index (χ3v) is 5.15. The number of fused-ring (bicyclic) bond motifs is 2. The molecule has 0 radical (unpaired) electrons. The largest absolute Gasteiger partial charge is 0.506 e. The number of amides is 1. The van der Waals surface area contributed by atoms with Crippen LogP contribution in [0.1, 0.15) is 21.5 Å². The van der Waals surface area contributed by atoms with Gasteiger partial charge in [0, 0.05) is 18.5 Å². The summed E-state index contributed by atoms with van der Waals surface area (Å²) in [4.78, 5) is 14.9. The fraction of sp³-hybridized carbons (Fsp3) is 0.227. The molecule has 1 heterocycles. The number of aromatic hydroxyl groups is 1. The Balaban J connectivity index is 1.63. The number of rotatable bonds is 2. The van der Waals surface area contributed by atoms with E-state index >= 15 is 0 Å². The molecule has 0 fully saturated rings. The first kappa shape index (κ1) is 16.5. The molecule has 0 aliphatic carbocycles. The Bertz CT molecular complexity index is 980. The van der Waals surface area contributed by atoms with Gasteiger partial charge in [-0.25, -0.2) is 0 Å². The van der Waals surface area contributed by atoms with Crippen LogP contribution in [0, 0.1) is 0 Å². The van der Waals surface area contributed by atoms with Crippen molar-refractivity contribution in [3.63, 3.8) is 0 Å². The van der Waals surface area contributed by atoms with E-state index in [1.54, 1.807) is 13.2 Å². The lowest BCUT2D eigenvalue weighted by Crippen LogP contribution is -2.33. The van der Waals surface area contributed by atoms with Crippen LogP contribution in [0.5, 0.6) is 11.5 Å². The van der Waals surface area contributed by atoms with Gasteiger partial charge in [-0.1, -0.05) is 42.5 Å². The zero-order valence-electron chi connectivity index (χ0n) is 14.7. The van der Waals surface area contributed by atoms with Crippen molar-refractivity contribution in [3.05, 3.63) is 71.3 Å². The van der Waals surface area contributed by atoms with Crippen molar-refractivity contribution in [2.75, 3.05) is 20.2 Å². The Kier molecular flexibility index (Phi) is 4.25. The molecule has 3 aromatic carbocycles. The predicted octanol–water partition coefficient (Wildman–Crippen LogP) is 3.80. The highest BCUT2D eigenvalue weighted by atomic mass is 16.5. The summed E-state index contributed by atoms with van der Waals surface area (Å²) in [7, 11) is 1.68. The van der Waals surface area contributed by atoms with Crippen LogP contribution in [0.25, 0.3) is 10.8 Å². The summed E-state index contributed by atoms with van der Waals surface area (Å²) < 4.78 is 5.47. The van der Waals surface area contributed by atoms with Crippen LogP contribution < -0.4 is 4.74 Å². The number of phenols is 1. The summed E-state index contributed by atoms with van der Waals surface area (Å²) in [5.74, 6) is 0.817. The summed E-state index contributed by atoms with van der Waals surface area (Å²) in [5, 5.41) is 12.2. The first-order valence-electron chi connectivity index (χ1n) is 8.84. The second kappa shape index (κ2) is 6.71. The van der Waals surface area contributed by atoms with Gasteiger partial charge in [0.15, 0.2) is 0 Å². The number of carbonyl (C=O) groups excluding carboxylic acids is 1. The van der Waals surface area contributed by atoms with Crippen molar-refractivity contribution >= 4 is 16.7 Å². The van der Waals surface area contributed by atoms with Crippen LogP contribution in [0.4, 0.5) is 0 Å². The molecule has 4 heteroatoms. The molecule has 1 aliphatic rings. The van der Waals surface area contributed by atoms with Gasteiger partial charge < -0.3 is 14.7 Å². The molecule has 1 aliphatic heterocycles. The molecule has 1 amide bonds. The van der Waals surface area contributed by atoms with Crippen molar-refractivity contribution in [2.45, 2.75) is 12.8 Å². The lowest BCUT2D eigenvalue weighted by molar-refractivity contribution is 0.0760. The lowest BCUT2D eigenvalue weighted by atomic mass is 10.0. The van der Waals surface area contributed by atoms with Crippen molar-refractivity contribution < 1.29 is 14.6 Å². The molecule has 0 aromatic heterocycles. The van der Waals surface area contributed by atoms with Crippen molar-refractivity contribution in [2.24, 2.45) is 0 Å². The minimum Gasteiger partial charge on any atom is -0.506 e. The molecule has 1 N–H and O–H groups in total. The van der Waals surface area contributed by atoms with Gasteiger partial charge in [0.1, 0.15) is 11.5 Å². The highest BCUT2D eigenvalue weighted by Gasteiger charge is 2.24. The molecule has 3 aromatic rings. The molecular formula is C22H21NO3. The minimum absolute atomic E-state index is 0.0624. The van der Waals surface area contributed by atoms with Crippen molar-refractivity contribution in [3.8, 4) is 11.5 Å². The smallest absolute Gasteiger partial charge is 0.257 e. The fourth-order valence-electron chi connectivity index (χ4n) is 3.74. The van der Waals surface area contributed by atoms with E-state index in [4.69, 9.17) is 4.74 Å². The molecule has 0 bridgehead atoms. The molecule has 4 rings (SSSR count). The first-order valence-corrected chi connectivity index (χ1v) is 8.84. The number of hydrogen-bond acceptors (Lipinski definition) is 3. The van der Waals surface area contributed by atoms with E-state index in [1.807, 2.05) is 47.4 Å². The first-order chi connectivity index (χ1) is 12.7. The number of methoxy groups -OCH3 is 1. The predicted molar refractivity (Wildman–Crippen MR) is 102 cm³/mol. The van der Waals surface area contributed by atoms with E-state index < -0.39 is 0 Å². The fourth-order valence-corrected chi connectivity index (χ4v) is 3.74. The molecule has 0 unspecified atom stereocenters. The highest BCUT2D eigenvalue weighted by Crippen LogP contribution is 2.31. The van der Waals surface area contributed by atoms with E-state index in [-0.39, 0.29) is 11.7 Å². The summed E-state index contributed by atoms with van der Waals surface area (Å²) >= 11 is 0. The van der Waals surface area contributed by atoms with Gasteiger partial charge in [-0.2, -0.15) is 0 Å². The number of hydrogen-bond donors (Lipinski definition) is 1. The monoisotopic (exact) mass is 347 g/mol. The van der Waals surface area contributed by atoms with Gasteiger partial charge in [-0.15, -0.1) is 0 Å². The average Bonchev–Trinajstić information content (AvgIpc) is 2.90. The number of carbonyl (C=O) groups is 1. The van der Waals surface area contributed by atoms with Crippen LogP contribution in [0.15, 0.2) is 54.6 Å². The van der Waals surface area contributed by atoms with E-state index in [0.29, 0.717) is 24.0 Å². The number of ether oxygens (including phenoxy) is 1. The summed E-state index contributed by atoms with van der Waals surface area (Å²) in [6.45, 7) is 1.24. The lowest BCUT2D eigenvalue weighted by Gasteiger charge is -2.21. The van der Waals surface area contributed by atoms with Crippen molar-refractivity contribution in [1.82, 2.24) is 4.90 Å². The second-order valence-electron chi connectivity index (χ2n) is 6.57. The number of phenolic OH excluding ortho intramolecular Hbond substituents is 1. The van der Waals surface area contributed by atoms with Crippen LogP contribution in [0.2, 0.25) is 0 Å². The minimum atomic E-state index is -0.125. The van der Waals surface area contributed by atoms with Crippen molar-refractivity contribution in [1.29, 1.82) is 0 Å². The maximum atomic E-state index is 13.1. The standard InChI is InChI=1S/C22H21NO3/c1-26-20-8-4-6-16-11-13-23(14-12-17(16)20)22(25)19-10-9-15-5-2-3-7-18(15)21(19)24/h2-10,24H,11-14H2,1H3. The van der Waals surface area contributed by atoms with Gasteiger partial charge in [0.05, 0.1) is 12.7 Å². The molecule has 132 valence electrons. The zero-order valence-corrected chi connectivity index (χ0v) is 14.7. The van der Waals surface area contributed by atoms with Gasteiger partial charge >= 0.3 is 0 Å². The zero-order chi connectivity index (χ0) is 18.1. The number of nitrogens with zero attached hydrogens (tertiary/aromatic N) is 1. The molecule has 26 heavy (non-hydrogen) atoms.